The first-order valence-electron chi connectivity index (χ1n) is 9.21. The highest BCUT2D eigenvalue weighted by Gasteiger charge is 2.24. The second kappa shape index (κ2) is 6.42. The highest BCUT2D eigenvalue weighted by atomic mass is 15.1. The smallest absolute Gasteiger partial charge is 0.145 e. The predicted octanol–water partition coefficient (Wildman–Crippen LogP) is 5.01. The minimum absolute atomic E-state index is 0.417. The van der Waals surface area contributed by atoms with Gasteiger partial charge in [0.05, 0.1) is 5.39 Å². The number of aromatic nitrogens is 3. The molecule has 1 N–H and O–H groups in total. The summed E-state index contributed by atoms with van der Waals surface area (Å²) in [5.74, 6) is 0.975. The van der Waals surface area contributed by atoms with Crippen molar-refractivity contribution in [1.29, 1.82) is 0 Å². The minimum Gasteiger partial charge on any atom is -0.366 e. The number of fused-ring (bicyclic) bond motifs is 1. The lowest BCUT2D eigenvalue weighted by atomic mass is 10.1. The van der Waals surface area contributed by atoms with Gasteiger partial charge in [0.2, 0.25) is 0 Å². The van der Waals surface area contributed by atoms with Gasteiger partial charge in [-0.2, -0.15) is 0 Å². The average Bonchev–Trinajstić information content (AvgIpc) is 3.33. The van der Waals surface area contributed by atoms with Gasteiger partial charge in [0.25, 0.3) is 0 Å². The standard InChI is InChI=1S/C20H26N4/c1-3-14-11-16(12-15(14)4-2)23-19-18-9-10-24(17-7-5-6-8-17)20(18)22-13-21-19/h3,9-10,13,16-17H,1,4-8,11-12H2,2H3,(H,21,22,23). The molecule has 4 heteroatoms. The molecule has 24 heavy (non-hydrogen) atoms. The van der Waals surface area contributed by atoms with Crippen LogP contribution in [-0.4, -0.2) is 20.6 Å². The first kappa shape index (κ1) is 15.4. The summed E-state index contributed by atoms with van der Waals surface area (Å²) in [7, 11) is 0. The van der Waals surface area contributed by atoms with Crippen LogP contribution in [0.4, 0.5) is 5.82 Å². The molecule has 0 aliphatic heterocycles. The van der Waals surface area contributed by atoms with Gasteiger partial charge >= 0.3 is 0 Å². The summed E-state index contributed by atoms with van der Waals surface area (Å²) in [6, 6.07) is 3.20. The quantitative estimate of drug-likeness (QED) is 0.841. The van der Waals surface area contributed by atoms with Crippen molar-refractivity contribution >= 4 is 16.9 Å². The van der Waals surface area contributed by atoms with E-state index in [0.29, 0.717) is 12.1 Å². The van der Waals surface area contributed by atoms with Crippen molar-refractivity contribution in [3.63, 3.8) is 0 Å². The van der Waals surface area contributed by atoms with Crippen molar-refractivity contribution in [3.8, 4) is 0 Å². The Balaban J connectivity index is 1.58. The van der Waals surface area contributed by atoms with Gasteiger partial charge in [-0.3, -0.25) is 0 Å². The average molecular weight is 322 g/mol. The summed E-state index contributed by atoms with van der Waals surface area (Å²) in [5.41, 5.74) is 4.00. The van der Waals surface area contributed by atoms with E-state index in [0.717, 1.165) is 36.1 Å². The van der Waals surface area contributed by atoms with Crippen LogP contribution in [0.5, 0.6) is 0 Å². The molecule has 0 amide bonds. The maximum absolute atomic E-state index is 4.57. The van der Waals surface area contributed by atoms with E-state index in [2.05, 4.69) is 45.6 Å². The first-order chi connectivity index (χ1) is 11.8. The third kappa shape index (κ3) is 2.64. The van der Waals surface area contributed by atoms with Crippen LogP contribution in [-0.2, 0) is 0 Å². The molecule has 2 heterocycles. The van der Waals surface area contributed by atoms with Gasteiger partial charge in [-0.05, 0) is 43.7 Å². The van der Waals surface area contributed by atoms with Gasteiger partial charge in [-0.15, -0.1) is 0 Å². The SMILES string of the molecule is C=CC1=C(CC)CC(Nc2ncnc3c2ccn3C2CCCC2)C1. The van der Waals surface area contributed by atoms with Crippen molar-refractivity contribution in [2.45, 2.75) is 64.0 Å². The molecule has 0 aromatic carbocycles. The molecular weight excluding hydrogens is 296 g/mol. The number of hydrogen-bond acceptors (Lipinski definition) is 3. The zero-order chi connectivity index (χ0) is 16.5. The lowest BCUT2D eigenvalue weighted by Crippen LogP contribution is -2.17. The van der Waals surface area contributed by atoms with Gasteiger partial charge in [0.15, 0.2) is 0 Å². The van der Waals surface area contributed by atoms with Crippen LogP contribution < -0.4 is 5.32 Å². The van der Waals surface area contributed by atoms with Crippen molar-refractivity contribution < 1.29 is 0 Å². The zero-order valence-electron chi connectivity index (χ0n) is 14.5. The van der Waals surface area contributed by atoms with Crippen LogP contribution in [0, 0.1) is 0 Å². The highest BCUT2D eigenvalue weighted by molar-refractivity contribution is 5.87. The van der Waals surface area contributed by atoms with E-state index in [1.807, 2.05) is 6.08 Å². The summed E-state index contributed by atoms with van der Waals surface area (Å²) >= 11 is 0. The van der Waals surface area contributed by atoms with Crippen molar-refractivity contribution in [2.24, 2.45) is 0 Å². The molecular formula is C20H26N4. The number of nitrogens with zero attached hydrogens (tertiary/aromatic N) is 3. The van der Waals surface area contributed by atoms with E-state index < -0.39 is 0 Å². The lowest BCUT2D eigenvalue weighted by Gasteiger charge is -2.16. The summed E-state index contributed by atoms with van der Waals surface area (Å²) in [5, 5.41) is 4.81. The Labute approximate surface area is 143 Å². The maximum atomic E-state index is 4.57. The summed E-state index contributed by atoms with van der Waals surface area (Å²) < 4.78 is 2.36. The van der Waals surface area contributed by atoms with Crippen LogP contribution >= 0.6 is 0 Å². The highest BCUT2D eigenvalue weighted by Crippen LogP contribution is 2.35. The molecule has 0 radical (unpaired) electrons. The van der Waals surface area contributed by atoms with E-state index >= 15 is 0 Å². The van der Waals surface area contributed by atoms with Crippen LogP contribution in [0.25, 0.3) is 11.0 Å². The fourth-order valence-electron chi connectivity index (χ4n) is 4.37. The Morgan fingerprint density at radius 3 is 2.83 bits per heavy atom. The molecule has 1 fully saturated rings. The van der Waals surface area contributed by atoms with Gasteiger partial charge < -0.3 is 9.88 Å². The molecule has 0 spiro atoms. The Morgan fingerprint density at radius 1 is 1.29 bits per heavy atom. The van der Waals surface area contributed by atoms with Crippen molar-refractivity contribution in [3.05, 3.63) is 42.4 Å². The first-order valence-corrected chi connectivity index (χ1v) is 9.21. The van der Waals surface area contributed by atoms with E-state index in [9.17, 15) is 0 Å². The molecule has 2 aromatic heterocycles. The number of hydrogen-bond donors (Lipinski definition) is 1. The summed E-state index contributed by atoms with van der Waals surface area (Å²) in [4.78, 5) is 9.10. The molecule has 2 aliphatic rings. The second-order valence-corrected chi connectivity index (χ2v) is 7.06. The van der Waals surface area contributed by atoms with Gasteiger partial charge in [-0.1, -0.05) is 38.0 Å². The molecule has 126 valence electrons. The van der Waals surface area contributed by atoms with Crippen LogP contribution in [0.1, 0.15) is 57.9 Å². The third-order valence-corrected chi connectivity index (χ3v) is 5.65. The number of nitrogens with one attached hydrogen (secondary N) is 1. The van der Waals surface area contributed by atoms with Gasteiger partial charge in [0.1, 0.15) is 17.8 Å². The Bertz CT molecular complexity index is 780. The molecule has 1 unspecified atom stereocenters. The molecule has 0 bridgehead atoms. The second-order valence-electron chi connectivity index (χ2n) is 7.06. The van der Waals surface area contributed by atoms with Crippen LogP contribution in [0.2, 0.25) is 0 Å². The van der Waals surface area contributed by atoms with Crippen LogP contribution in [0.15, 0.2) is 42.4 Å². The van der Waals surface area contributed by atoms with Crippen molar-refractivity contribution in [2.75, 3.05) is 5.32 Å². The molecule has 1 saturated carbocycles. The molecule has 4 rings (SSSR count). The monoisotopic (exact) mass is 322 g/mol. The molecule has 2 aromatic rings. The minimum atomic E-state index is 0.417. The molecule has 2 aliphatic carbocycles. The van der Waals surface area contributed by atoms with E-state index in [-0.39, 0.29) is 0 Å². The summed E-state index contributed by atoms with van der Waals surface area (Å²) in [6.45, 7) is 6.19. The van der Waals surface area contributed by atoms with Crippen LogP contribution in [0.3, 0.4) is 0 Å². The Morgan fingerprint density at radius 2 is 2.12 bits per heavy atom. The third-order valence-electron chi connectivity index (χ3n) is 5.65. The number of allylic oxidation sites excluding steroid dienone is 1. The normalized spacial score (nSPS) is 21.8. The van der Waals surface area contributed by atoms with Gasteiger partial charge in [0, 0.05) is 18.3 Å². The fraction of sp³-hybridized carbons (Fsp3) is 0.500. The van der Waals surface area contributed by atoms with E-state index in [1.165, 1.54) is 36.8 Å². The lowest BCUT2D eigenvalue weighted by molar-refractivity contribution is 0.532. The zero-order valence-corrected chi connectivity index (χ0v) is 14.5. The Kier molecular flexibility index (Phi) is 4.13. The molecule has 0 saturated heterocycles. The van der Waals surface area contributed by atoms with Crippen molar-refractivity contribution in [1.82, 2.24) is 14.5 Å². The number of anilines is 1. The van der Waals surface area contributed by atoms with Gasteiger partial charge in [-0.25, -0.2) is 9.97 Å². The predicted molar refractivity (Wildman–Crippen MR) is 99.2 cm³/mol. The fourth-order valence-corrected chi connectivity index (χ4v) is 4.37. The molecule has 1 atom stereocenters. The maximum Gasteiger partial charge on any atom is 0.145 e. The summed E-state index contributed by atoms with van der Waals surface area (Å²) in [6.07, 6.45) is 14.4. The number of rotatable bonds is 5. The molecule has 4 nitrogen and oxygen atoms in total. The van der Waals surface area contributed by atoms with E-state index in [1.54, 1.807) is 6.33 Å². The van der Waals surface area contributed by atoms with E-state index in [4.69, 9.17) is 0 Å². The topological polar surface area (TPSA) is 42.7 Å². The Hall–Kier alpha value is -2.10. The largest absolute Gasteiger partial charge is 0.366 e.